The molecule has 1 unspecified atom stereocenters. The van der Waals surface area contributed by atoms with Crippen molar-refractivity contribution in [1.82, 2.24) is 0 Å². The molecule has 1 aromatic carbocycles. The first kappa shape index (κ1) is 19.7. The van der Waals surface area contributed by atoms with Gasteiger partial charge in [-0.25, -0.2) is 0 Å². The van der Waals surface area contributed by atoms with E-state index in [1.807, 2.05) is 0 Å². The summed E-state index contributed by atoms with van der Waals surface area (Å²) < 4.78 is 6.01. The Kier molecular flexibility index (Phi) is 7.79. The fourth-order valence-corrected chi connectivity index (χ4v) is 4.54. The smallest absolute Gasteiger partial charge is 0.292 e. The van der Waals surface area contributed by atoms with Crippen molar-refractivity contribution in [3.63, 3.8) is 0 Å². The Balaban J connectivity index is 1.64. The van der Waals surface area contributed by atoms with Crippen LogP contribution in [0.4, 0.5) is 0 Å². The minimum absolute atomic E-state index is 0.391. The van der Waals surface area contributed by atoms with Crippen LogP contribution in [0.15, 0.2) is 29.3 Å². The van der Waals surface area contributed by atoms with Crippen LogP contribution in [-0.4, -0.2) is 18.7 Å². The van der Waals surface area contributed by atoms with Crippen LogP contribution in [0.1, 0.15) is 88.7 Å². The summed E-state index contributed by atoms with van der Waals surface area (Å²) in [6, 6.07) is 9.80. The molecule has 0 saturated heterocycles. The second-order valence-electron chi connectivity index (χ2n) is 8.20. The Morgan fingerprint density at radius 3 is 2.31 bits per heavy atom. The molecule has 0 spiro atoms. The number of hydrogen-bond donors (Lipinski definition) is 0. The van der Waals surface area contributed by atoms with E-state index in [-0.39, 0.29) is 0 Å². The number of nitrogens with zero attached hydrogens (tertiary/aromatic N) is 1. The zero-order chi connectivity index (χ0) is 18.2. The number of rotatable bonds is 7. The third-order valence-electron chi connectivity index (χ3n) is 6.28. The highest BCUT2D eigenvalue weighted by Gasteiger charge is 2.24. The summed E-state index contributed by atoms with van der Waals surface area (Å²) in [7, 11) is 0. The molecule has 1 atom stereocenters. The van der Waals surface area contributed by atoms with Gasteiger partial charge in [-0.2, -0.15) is 0 Å². The minimum Gasteiger partial charge on any atom is -0.432 e. The Bertz CT molecular complexity index is 558. The van der Waals surface area contributed by atoms with Gasteiger partial charge in [0.15, 0.2) is 0 Å². The van der Waals surface area contributed by atoms with Crippen molar-refractivity contribution in [2.75, 3.05) is 0 Å². The van der Waals surface area contributed by atoms with Gasteiger partial charge in [-0.3, -0.25) is 4.99 Å². The van der Waals surface area contributed by atoms with Gasteiger partial charge in [0.1, 0.15) is 0 Å². The van der Waals surface area contributed by atoms with Gasteiger partial charge in [-0.05, 0) is 43.2 Å². The molecule has 1 aromatic rings. The Labute approximate surface area is 160 Å². The lowest BCUT2D eigenvalue weighted by molar-refractivity contribution is 0.307. The Morgan fingerprint density at radius 2 is 1.62 bits per heavy atom. The van der Waals surface area contributed by atoms with Crippen molar-refractivity contribution in [3.8, 4) is 0 Å². The fourth-order valence-electron chi connectivity index (χ4n) is 4.54. The molecule has 0 aliphatic heterocycles. The Morgan fingerprint density at radius 1 is 0.923 bits per heavy atom. The summed E-state index contributed by atoms with van der Waals surface area (Å²) in [5, 5.41) is 0. The predicted molar refractivity (Wildman–Crippen MR) is 113 cm³/mol. The van der Waals surface area contributed by atoms with Gasteiger partial charge in [-0.1, -0.05) is 76.4 Å². The highest BCUT2D eigenvalue weighted by Crippen LogP contribution is 2.33. The summed E-state index contributed by atoms with van der Waals surface area (Å²) in [4.78, 5) is 5.25. The average Bonchev–Trinajstić information content (AvgIpc) is 2.70. The molecule has 2 aliphatic carbocycles. The van der Waals surface area contributed by atoms with E-state index >= 15 is 0 Å². The van der Waals surface area contributed by atoms with Gasteiger partial charge >= 0.3 is 0 Å². The molecular formula is C23H36BNO. The second kappa shape index (κ2) is 10.3. The predicted octanol–water partition coefficient (Wildman–Crippen LogP) is 6.67. The molecule has 2 aliphatic rings. The molecule has 26 heavy (non-hydrogen) atoms. The molecule has 2 fully saturated rings. The van der Waals surface area contributed by atoms with Gasteiger partial charge in [0, 0.05) is 17.7 Å². The van der Waals surface area contributed by atoms with E-state index in [0.29, 0.717) is 18.9 Å². The first-order valence-electron chi connectivity index (χ1n) is 11.1. The Hall–Kier alpha value is -1.09. The maximum atomic E-state index is 6.01. The molecule has 0 aromatic heterocycles. The zero-order valence-electron chi connectivity index (χ0n) is 16.9. The van der Waals surface area contributed by atoms with E-state index in [0.717, 1.165) is 19.2 Å². The molecule has 2 saturated carbocycles. The molecule has 0 N–H and O–H groups in total. The standard InChI is InChI=1S/C23H36BNO/c1-3-24(4-2)26-18-19-14-16-20(17-15-19)22-12-8-9-13-23(22)25-21-10-6-5-7-11-21/h14-17,21-22H,3-13,18H2,1-2H3. The lowest BCUT2D eigenvalue weighted by Gasteiger charge is -2.28. The fraction of sp³-hybridized carbons (Fsp3) is 0.696. The third kappa shape index (κ3) is 5.46. The van der Waals surface area contributed by atoms with Crippen LogP contribution >= 0.6 is 0 Å². The quantitative estimate of drug-likeness (QED) is 0.502. The number of benzene rings is 1. The summed E-state index contributed by atoms with van der Waals surface area (Å²) in [6.45, 7) is 5.53. The van der Waals surface area contributed by atoms with Crippen LogP contribution < -0.4 is 0 Å². The minimum atomic E-state index is 0.391. The molecule has 142 valence electrons. The van der Waals surface area contributed by atoms with Gasteiger partial charge in [0.05, 0.1) is 6.61 Å². The molecule has 3 rings (SSSR count). The van der Waals surface area contributed by atoms with E-state index in [1.165, 1.54) is 74.6 Å². The molecular weight excluding hydrogens is 317 g/mol. The normalized spacial score (nSPS) is 23.3. The van der Waals surface area contributed by atoms with E-state index in [1.54, 1.807) is 0 Å². The van der Waals surface area contributed by atoms with E-state index < -0.39 is 0 Å². The first-order chi connectivity index (χ1) is 12.8. The van der Waals surface area contributed by atoms with Crippen LogP contribution in [0, 0.1) is 0 Å². The van der Waals surface area contributed by atoms with Crippen LogP contribution in [0.3, 0.4) is 0 Å². The van der Waals surface area contributed by atoms with E-state index in [2.05, 4.69) is 38.1 Å². The van der Waals surface area contributed by atoms with Gasteiger partial charge in [-0.15, -0.1) is 0 Å². The summed E-state index contributed by atoms with van der Waals surface area (Å²) >= 11 is 0. The monoisotopic (exact) mass is 353 g/mol. The van der Waals surface area contributed by atoms with Crippen molar-refractivity contribution >= 4 is 12.6 Å². The molecule has 2 nitrogen and oxygen atoms in total. The SMILES string of the molecule is CCB(CC)OCc1ccc(C2CCCCC2=NC2CCCCC2)cc1. The molecule has 0 amide bonds. The van der Waals surface area contributed by atoms with E-state index in [4.69, 9.17) is 9.65 Å². The van der Waals surface area contributed by atoms with Crippen molar-refractivity contribution in [1.29, 1.82) is 0 Å². The van der Waals surface area contributed by atoms with Crippen molar-refractivity contribution in [2.24, 2.45) is 4.99 Å². The largest absolute Gasteiger partial charge is 0.432 e. The maximum absolute atomic E-state index is 6.01. The van der Waals surface area contributed by atoms with Crippen molar-refractivity contribution in [2.45, 2.75) is 103 Å². The third-order valence-corrected chi connectivity index (χ3v) is 6.28. The highest BCUT2D eigenvalue weighted by molar-refractivity contribution is 6.51. The first-order valence-corrected chi connectivity index (χ1v) is 11.1. The summed E-state index contributed by atoms with van der Waals surface area (Å²) in [6.07, 6.45) is 14.1. The van der Waals surface area contributed by atoms with Gasteiger partial charge in [0.2, 0.25) is 0 Å². The topological polar surface area (TPSA) is 21.6 Å². The van der Waals surface area contributed by atoms with Crippen LogP contribution in [0.25, 0.3) is 0 Å². The molecule has 0 radical (unpaired) electrons. The number of hydrogen-bond acceptors (Lipinski definition) is 2. The molecule has 3 heteroatoms. The van der Waals surface area contributed by atoms with Crippen molar-refractivity contribution in [3.05, 3.63) is 35.4 Å². The van der Waals surface area contributed by atoms with Gasteiger partial charge in [0.25, 0.3) is 6.92 Å². The van der Waals surface area contributed by atoms with Crippen LogP contribution in [0.5, 0.6) is 0 Å². The lowest BCUT2D eigenvalue weighted by atomic mass is 9.62. The molecule has 0 bridgehead atoms. The second-order valence-corrected chi connectivity index (χ2v) is 8.20. The zero-order valence-corrected chi connectivity index (χ0v) is 16.9. The average molecular weight is 353 g/mol. The summed E-state index contributed by atoms with van der Waals surface area (Å²) in [5.74, 6) is 0.555. The van der Waals surface area contributed by atoms with Crippen molar-refractivity contribution < 1.29 is 4.65 Å². The van der Waals surface area contributed by atoms with E-state index in [9.17, 15) is 0 Å². The lowest BCUT2D eigenvalue weighted by Crippen LogP contribution is -2.21. The maximum Gasteiger partial charge on any atom is 0.292 e. The van der Waals surface area contributed by atoms with Gasteiger partial charge < -0.3 is 4.65 Å². The highest BCUT2D eigenvalue weighted by atomic mass is 16.4. The number of aliphatic imine (C=N–C) groups is 1. The van der Waals surface area contributed by atoms with Crippen LogP contribution in [-0.2, 0) is 11.3 Å². The van der Waals surface area contributed by atoms with Crippen LogP contribution in [0.2, 0.25) is 12.6 Å². The summed E-state index contributed by atoms with van der Waals surface area (Å²) in [5.41, 5.74) is 4.25. The molecule has 0 heterocycles.